The summed E-state index contributed by atoms with van der Waals surface area (Å²) < 4.78 is 15.9. The van der Waals surface area contributed by atoms with Crippen LogP contribution >= 0.6 is 11.5 Å². The predicted molar refractivity (Wildman–Crippen MR) is 110 cm³/mol. The van der Waals surface area contributed by atoms with E-state index >= 15 is 0 Å². The van der Waals surface area contributed by atoms with E-state index < -0.39 is 0 Å². The van der Waals surface area contributed by atoms with Crippen LogP contribution in [0.4, 0.5) is 0 Å². The number of aromatic nitrogens is 2. The third-order valence-electron chi connectivity index (χ3n) is 4.62. The number of nitrogens with zero attached hydrogens (tertiary/aromatic N) is 2. The van der Waals surface area contributed by atoms with E-state index in [-0.39, 0.29) is 5.41 Å². The van der Waals surface area contributed by atoms with Gasteiger partial charge in [-0.05, 0) is 46.8 Å². The van der Waals surface area contributed by atoms with Gasteiger partial charge < -0.3 is 9.47 Å². The first kappa shape index (κ1) is 19.5. The molecule has 0 aliphatic carbocycles. The lowest BCUT2D eigenvalue weighted by Gasteiger charge is -2.30. The minimum atomic E-state index is 0.100. The van der Waals surface area contributed by atoms with Gasteiger partial charge in [0.2, 0.25) is 0 Å². The van der Waals surface area contributed by atoms with Crippen molar-refractivity contribution in [2.45, 2.75) is 27.4 Å². The summed E-state index contributed by atoms with van der Waals surface area (Å²) in [6.07, 6.45) is 0. The quantitative estimate of drug-likeness (QED) is 0.519. The molecule has 0 fully saturated rings. The third-order valence-corrected chi connectivity index (χ3v) is 5.12. The van der Waals surface area contributed by atoms with Gasteiger partial charge in [0, 0.05) is 16.9 Å². The van der Waals surface area contributed by atoms with Gasteiger partial charge >= 0.3 is 0 Å². The summed E-state index contributed by atoms with van der Waals surface area (Å²) in [7, 11) is 0. The smallest absolute Gasteiger partial charge is 0.119 e. The fourth-order valence-electron chi connectivity index (χ4n) is 2.65. The van der Waals surface area contributed by atoms with Crippen LogP contribution < -0.4 is 4.74 Å². The Balaban J connectivity index is 1.53. The van der Waals surface area contributed by atoms with Crippen molar-refractivity contribution in [3.8, 4) is 17.0 Å². The Morgan fingerprint density at radius 2 is 1.70 bits per heavy atom. The first-order chi connectivity index (χ1) is 13.0. The minimum absolute atomic E-state index is 0.100. The summed E-state index contributed by atoms with van der Waals surface area (Å²) in [5.41, 5.74) is 3.24. The van der Waals surface area contributed by atoms with Crippen LogP contribution in [0.1, 0.15) is 26.3 Å². The molecule has 27 heavy (non-hydrogen) atoms. The molecule has 3 rings (SSSR count). The van der Waals surface area contributed by atoms with Gasteiger partial charge in [0.1, 0.15) is 11.4 Å². The highest BCUT2D eigenvalue weighted by Crippen LogP contribution is 2.28. The largest absolute Gasteiger partial charge is 0.493 e. The van der Waals surface area contributed by atoms with Crippen LogP contribution in [-0.4, -0.2) is 22.8 Å². The number of benzene rings is 2. The molecule has 1 unspecified atom stereocenters. The van der Waals surface area contributed by atoms with Gasteiger partial charge in [0.25, 0.3) is 0 Å². The first-order valence-electron chi connectivity index (χ1n) is 9.14. The van der Waals surface area contributed by atoms with E-state index in [1.54, 1.807) is 0 Å². The van der Waals surface area contributed by atoms with Crippen LogP contribution in [0.2, 0.25) is 0 Å². The molecule has 0 radical (unpaired) electrons. The van der Waals surface area contributed by atoms with Crippen LogP contribution in [0.5, 0.6) is 5.75 Å². The standard InChI is InChI=1S/C22H26N2O2S/c1-22(2,3)19(14-25-13-17-7-5-4-6-8-17)15-26-20-11-9-18(10-12-20)21-16-27-24-23-21/h4-12,16,19H,13-15H2,1-3H3. The molecule has 1 atom stereocenters. The monoisotopic (exact) mass is 382 g/mol. The summed E-state index contributed by atoms with van der Waals surface area (Å²) in [5, 5.41) is 6.03. The predicted octanol–water partition coefficient (Wildman–Crippen LogP) is 5.46. The molecule has 0 spiro atoms. The first-order valence-corrected chi connectivity index (χ1v) is 9.98. The Bertz CT molecular complexity index is 797. The molecule has 4 nitrogen and oxygen atoms in total. The highest BCUT2D eigenvalue weighted by Gasteiger charge is 2.25. The maximum Gasteiger partial charge on any atom is 0.119 e. The zero-order valence-corrected chi connectivity index (χ0v) is 16.9. The van der Waals surface area contributed by atoms with E-state index in [2.05, 4.69) is 42.5 Å². The highest BCUT2D eigenvalue weighted by molar-refractivity contribution is 7.03. The molecule has 0 saturated carbocycles. The summed E-state index contributed by atoms with van der Waals surface area (Å²) in [5.74, 6) is 1.16. The average Bonchev–Trinajstić information content (AvgIpc) is 3.19. The van der Waals surface area contributed by atoms with E-state index in [4.69, 9.17) is 9.47 Å². The lowest BCUT2D eigenvalue weighted by Crippen LogP contribution is -2.30. The Kier molecular flexibility index (Phi) is 6.58. The molecule has 142 valence electrons. The second kappa shape index (κ2) is 9.11. The number of hydrogen-bond acceptors (Lipinski definition) is 5. The molecule has 1 heterocycles. The molecule has 3 aromatic rings. The van der Waals surface area contributed by atoms with Crippen LogP contribution in [0.15, 0.2) is 60.0 Å². The number of rotatable bonds is 8. The molecule has 0 amide bonds. The lowest BCUT2D eigenvalue weighted by molar-refractivity contribution is 0.0222. The maximum atomic E-state index is 6.06. The molecular formula is C22H26N2O2S. The topological polar surface area (TPSA) is 44.2 Å². The zero-order chi connectivity index (χ0) is 19.1. The van der Waals surface area contributed by atoms with Crippen molar-refractivity contribution < 1.29 is 9.47 Å². The van der Waals surface area contributed by atoms with Crippen LogP contribution in [0.25, 0.3) is 11.3 Å². The van der Waals surface area contributed by atoms with Crippen molar-refractivity contribution in [3.05, 3.63) is 65.5 Å². The van der Waals surface area contributed by atoms with E-state index in [0.29, 0.717) is 25.7 Å². The van der Waals surface area contributed by atoms with Crippen molar-refractivity contribution in [1.82, 2.24) is 9.59 Å². The Hall–Kier alpha value is -2.24. The summed E-state index contributed by atoms with van der Waals surface area (Å²) in [6, 6.07) is 18.3. The van der Waals surface area contributed by atoms with Crippen LogP contribution in [-0.2, 0) is 11.3 Å². The normalized spacial score (nSPS) is 12.7. The molecule has 1 aromatic heterocycles. The number of ether oxygens (including phenoxy) is 2. The Morgan fingerprint density at radius 3 is 2.33 bits per heavy atom. The number of hydrogen-bond donors (Lipinski definition) is 0. The maximum absolute atomic E-state index is 6.06. The molecule has 2 aromatic carbocycles. The second-order valence-electron chi connectivity index (χ2n) is 7.69. The minimum Gasteiger partial charge on any atom is -0.493 e. The van der Waals surface area contributed by atoms with E-state index in [1.165, 1.54) is 17.1 Å². The van der Waals surface area contributed by atoms with Crippen molar-refractivity contribution in [3.63, 3.8) is 0 Å². The molecule has 0 aliphatic rings. The van der Waals surface area contributed by atoms with Gasteiger partial charge in [-0.3, -0.25) is 0 Å². The summed E-state index contributed by atoms with van der Waals surface area (Å²) in [6.45, 7) is 8.60. The van der Waals surface area contributed by atoms with Crippen molar-refractivity contribution in [2.24, 2.45) is 11.3 Å². The average molecular weight is 383 g/mol. The van der Waals surface area contributed by atoms with Gasteiger partial charge in [-0.25, -0.2) is 0 Å². The fraction of sp³-hybridized carbons (Fsp3) is 0.364. The Morgan fingerprint density at radius 1 is 0.963 bits per heavy atom. The second-order valence-corrected chi connectivity index (χ2v) is 8.30. The molecule has 0 aliphatic heterocycles. The zero-order valence-electron chi connectivity index (χ0n) is 16.1. The van der Waals surface area contributed by atoms with Crippen LogP contribution in [0, 0.1) is 11.3 Å². The molecule has 0 bridgehead atoms. The third kappa shape index (κ3) is 5.88. The molecule has 0 saturated heterocycles. The van der Waals surface area contributed by atoms with E-state index in [1.807, 2.05) is 47.8 Å². The van der Waals surface area contributed by atoms with E-state index in [0.717, 1.165) is 17.0 Å². The fourth-order valence-corrected chi connectivity index (χ4v) is 3.12. The van der Waals surface area contributed by atoms with Gasteiger partial charge in [0.05, 0.1) is 19.8 Å². The molecular weight excluding hydrogens is 356 g/mol. The molecule has 5 heteroatoms. The van der Waals surface area contributed by atoms with Gasteiger partial charge in [-0.1, -0.05) is 55.6 Å². The summed E-state index contributed by atoms with van der Waals surface area (Å²) in [4.78, 5) is 0. The van der Waals surface area contributed by atoms with Gasteiger partial charge in [-0.15, -0.1) is 5.10 Å². The van der Waals surface area contributed by atoms with E-state index in [9.17, 15) is 0 Å². The van der Waals surface area contributed by atoms with Crippen LogP contribution in [0.3, 0.4) is 0 Å². The SMILES string of the molecule is CC(C)(C)C(COCc1ccccc1)COc1ccc(-c2csnn2)cc1. The van der Waals surface area contributed by atoms with Gasteiger partial charge in [-0.2, -0.15) is 0 Å². The Labute approximate surface area is 165 Å². The van der Waals surface area contributed by atoms with Crippen molar-refractivity contribution in [2.75, 3.05) is 13.2 Å². The van der Waals surface area contributed by atoms with Crippen molar-refractivity contribution >= 4 is 11.5 Å². The highest BCUT2D eigenvalue weighted by atomic mass is 32.1. The molecule has 0 N–H and O–H groups in total. The van der Waals surface area contributed by atoms with Gasteiger partial charge in [0.15, 0.2) is 0 Å². The summed E-state index contributed by atoms with van der Waals surface area (Å²) >= 11 is 1.36. The lowest BCUT2D eigenvalue weighted by atomic mass is 9.82. The van der Waals surface area contributed by atoms with Crippen molar-refractivity contribution in [1.29, 1.82) is 0 Å².